The third-order valence-corrected chi connectivity index (χ3v) is 5.93. The van der Waals surface area contributed by atoms with Gasteiger partial charge >= 0.3 is 5.97 Å². The Hall–Kier alpha value is -3.23. The van der Waals surface area contributed by atoms with Crippen molar-refractivity contribution in [2.45, 2.75) is 92.5 Å². The number of esters is 1. The molecule has 0 aliphatic heterocycles. The number of benzene rings is 1. The number of carbonyl (C=O) groups is 5. The molecule has 1 aromatic rings. The Morgan fingerprint density at radius 3 is 1.91 bits per heavy atom. The highest BCUT2D eigenvalue weighted by molar-refractivity contribution is 5.83. The molecule has 13 nitrogen and oxygen atoms in total. The van der Waals surface area contributed by atoms with Crippen molar-refractivity contribution in [3.8, 4) is 0 Å². The molecule has 0 saturated heterocycles. The summed E-state index contributed by atoms with van der Waals surface area (Å²) in [6.45, 7) is 14.3. The summed E-state index contributed by atoms with van der Waals surface area (Å²) in [5.41, 5.74) is 1.69. The van der Waals surface area contributed by atoms with Gasteiger partial charge in [0.05, 0.1) is 64.9 Å². The van der Waals surface area contributed by atoms with Gasteiger partial charge in [0.1, 0.15) is 18.2 Å². The Morgan fingerprint density at radius 2 is 1.32 bits per heavy atom. The van der Waals surface area contributed by atoms with Gasteiger partial charge in [-0.1, -0.05) is 12.1 Å². The molecule has 0 saturated carbocycles. The summed E-state index contributed by atoms with van der Waals surface area (Å²) in [6.07, 6.45) is 2.40. The number of carbonyl (C=O) groups excluding carboxylic acids is 5. The second kappa shape index (κ2) is 29.0. The summed E-state index contributed by atoms with van der Waals surface area (Å²) in [7, 11) is 0. The lowest BCUT2D eigenvalue weighted by Crippen LogP contribution is -2.28. The second-order valence-electron chi connectivity index (χ2n) is 11.3. The van der Waals surface area contributed by atoms with E-state index in [1.54, 1.807) is 6.92 Å². The monoisotopic (exact) mass is 667 g/mol. The van der Waals surface area contributed by atoms with Crippen LogP contribution in [0.5, 0.6) is 0 Å². The summed E-state index contributed by atoms with van der Waals surface area (Å²) in [4.78, 5) is 56.2. The number of ketones is 3. The van der Waals surface area contributed by atoms with E-state index >= 15 is 0 Å². The predicted molar refractivity (Wildman–Crippen MR) is 179 cm³/mol. The zero-order valence-corrected chi connectivity index (χ0v) is 29.2. The van der Waals surface area contributed by atoms with Crippen LogP contribution in [0.25, 0.3) is 0 Å². The molecule has 0 atom stereocenters. The van der Waals surface area contributed by atoms with Crippen molar-refractivity contribution in [1.29, 1.82) is 0 Å². The largest absolute Gasteiger partial charge is 0.461 e. The van der Waals surface area contributed by atoms with Gasteiger partial charge in [-0.25, -0.2) is 0 Å². The van der Waals surface area contributed by atoms with E-state index in [4.69, 9.17) is 23.7 Å². The highest BCUT2D eigenvalue weighted by atomic mass is 16.5. The smallest absolute Gasteiger partial charge is 0.308 e. The third-order valence-electron chi connectivity index (χ3n) is 5.93. The summed E-state index contributed by atoms with van der Waals surface area (Å²) < 4.78 is 26.3. The number of ether oxygens (including phenoxy) is 5. The zero-order chi connectivity index (χ0) is 35.3. The van der Waals surface area contributed by atoms with E-state index in [0.717, 1.165) is 11.3 Å². The maximum atomic E-state index is 11.9. The van der Waals surface area contributed by atoms with Crippen molar-refractivity contribution in [3.05, 3.63) is 29.8 Å². The summed E-state index contributed by atoms with van der Waals surface area (Å²) >= 11 is 0. The van der Waals surface area contributed by atoms with Crippen LogP contribution >= 0.6 is 0 Å². The Morgan fingerprint density at radius 1 is 0.702 bits per heavy atom. The van der Waals surface area contributed by atoms with Crippen molar-refractivity contribution in [2.24, 2.45) is 0 Å². The average Bonchev–Trinajstić information content (AvgIpc) is 3.01. The van der Waals surface area contributed by atoms with Crippen molar-refractivity contribution in [2.75, 3.05) is 64.7 Å². The minimum absolute atomic E-state index is 0.0539. The highest BCUT2D eigenvalue weighted by Gasteiger charge is 2.06. The van der Waals surface area contributed by atoms with E-state index in [9.17, 15) is 24.0 Å². The first kappa shape index (κ1) is 43.8. The lowest BCUT2D eigenvalue weighted by Gasteiger charge is -2.09. The molecule has 1 rings (SSSR count). The molecule has 0 heterocycles. The van der Waals surface area contributed by atoms with Crippen molar-refractivity contribution < 1.29 is 47.7 Å². The number of amides is 1. The van der Waals surface area contributed by atoms with Crippen LogP contribution in [-0.4, -0.2) is 101 Å². The topological polar surface area (TPSA) is 168 Å². The number of nitrogens with one attached hydrogen (secondary N) is 3. The first-order valence-corrected chi connectivity index (χ1v) is 16.2. The Balaban J connectivity index is 0.00000101. The molecule has 0 aliphatic rings. The Bertz CT molecular complexity index is 1020. The molecule has 268 valence electrons. The quantitative estimate of drug-likeness (QED) is 0.0712. The van der Waals surface area contributed by atoms with Crippen LogP contribution in [0.1, 0.15) is 79.2 Å². The van der Waals surface area contributed by atoms with E-state index < -0.39 is 0 Å². The van der Waals surface area contributed by atoms with E-state index in [0.29, 0.717) is 78.5 Å². The SMILES string of the molecule is CC(=O)CCCOCCC(=O)CNc1ccc(COC(=O)CCOC(C)C)cc1.CC(=O)NCCOCCC(=O)CNCOC(C)C. The first-order valence-electron chi connectivity index (χ1n) is 16.2. The third kappa shape index (κ3) is 31.2. The Kier molecular flexibility index (Phi) is 27.0. The molecule has 0 aliphatic carbocycles. The summed E-state index contributed by atoms with van der Waals surface area (Å²) in [5, 5.41) is 8.58. The fraction of sp³-hybridized carbons (Fsp3) is 0.676. The van der Waals surface area contributed by atoms with Crippen LogP contribution in [0.3, 0.4) is 0 Å². The molecule has 0 fully saturated rings. The van der Waals surface area contributed by atoms with Gasteiger partial charge < -0.3 is 39.1 Å². The number of Topliss-reactive ketones (excluding diaryl/α,β-unsaturated/α-hetero) is 3. The molecule has 1 aromatic carbocycles. The molecule has 1 amide bonds. The number of hydrogen-bond acceptors (Lipinski definition) is 12. The van der Waals surface area contributed by atoms with Crippen molar-refractivity contribution >= 4 is 34.9 Å². The van der Waals surface area contributed by atoms with E-state index in [1.807, 2.05) is 52.0 Å². The molecule has 0 radical (unpaired) electrons. The standard InChI is InChI=1S/C22H33NO6.C12H24N2O4/c1-17(2)28-14-11-22(26)29-16-19-6-8-20(9-7-19)23-15-21(25)10-13-27-12-4-5-18(3)24;1-10(2)18-9-13-8-12(16)4-6-17-7-5-14-11(3)15/h6-9,17,23H,4-5,10-16H2,1-3H3;10,13H,4-9H2,1-3H3,(H,14,15). The highest BCUT2D eigenvalue weighted by Crippen LogP contribution is 2.11. The number of hydrogen-bond donors (Lipinski definition) is 3. The molecule has 0 aromatic heterocycles. The lowest BCUT2D eigenvalue weighted by molar-refractivity contribution is -0.146. The molecule has 3 N–H and O–H groups in total. The van der Waals surface area contributed by atoms with Gasteiger partial charge in [0.2, 0.25) is 5.91 Å². The maximum absolute atomic E-state index is 11.9. The number of rotatable bonds is 27. The molecule has 0 spiro atoms. The predicted octanol–water partition coefficient (Wildman–Crippen LogP) is 3.37. The fourth-order valence-electron chi connectivity index (χ4n) is 3.42. The van der Waals surface area contributed by atoms with Crippen LogP contribution in [0.2, 0.25) is 0 Å². The summed E-state index contributed by atoms with van der Waals surface area (Å²) in [6, 6.07) is 7.39. The minimum atomic E-state index is -0.290. The maximum Gasteiger partial charge on any atom is 0.308 e. The van der Waals surface area contributed by atoms with E-state index in [1.165, 1.54) is 6.92 Å². The Labute approximate surface area is 280 Å². The van der Waals surface area contributed by atoms with Crippen LogP contribution in [0, 0.1) is 0 Å². The van der Waals surface area contributed by atoms with Crippen LogP contribution in [0.15, 0.2) is 24.3 Å². The van der Waals surface area contributed by atoms with Crippen LogP contribution < -0.4 is 16.0 Å². The van der Waals surface area contributed by atoms with Crippen molar-refractivity contribution in [1.82, 2.24) is 10.6 Å². The van der Waals surface area contributed by atoms with Gasteiger partial charge in [0.25, 0.3) is 0 Å². The fourth-order valence-corrected chi connectivity index (χ4v) is 3.42. The molecule has 0 bridgehead atoms. The van der Waals surface area contributed by atoms with Crippen molar-refractivity contribution in [3.63, 3.8) is 0 Å². The molecular formula is C34H57N3O10. The van der Waals surface area contributed by atoms with Crippen LogP contribution in [-0.2, 0) is 54.3 Å². The van der Waals surface area contributed by atoms with Gasteiger partial charge in [-0.15, -0.1) is 0 Å². The van der Waals surface area contributed by atoms with Gasteiger partial charge in [-0.2, -0.15) is 0 Å². The normalized spacial score (nSPS) is 10.7. The van der Waals surface area contributed by atoms with Gasteiger partial charge in [0, 0.05) is 45.0 Å². The average molecular weight is 668 g/mol. The first-order chi connectivity index (χ1) is 22.4. The zero-order valence-electron chi connectivity index (χ0n) is 29.2. The molecule has 13 heteroatoms. The van der Waals surface area contributed by atoms with E-state index in [2.05, 4.69) is 16.0 Å². The summed E-state index contributed by atoms with van der Waals surface area (Å²) in [5.74, 6) is -0.0830. The van der Waals surface area contributed by atoms with Gasteiger partial charge in [-0.3, -0.25) is 24.5 Å². The van der Waals surface area contributed by atoms with Gasteiger partial charge in [-0.05, 0) is 58.7 Å². The lowest BCUT2D eigenvalue weighted by atomic mass is 10.2. The van der Waals surface area contributed by atoms with Gasteiger partial charge in [0.15, 0.2) is 5.78 Å². The molecule has 47 heavy (non-hydrogen) atoms. The second-order valence-corrected chi connectivity index (χ2v) is 11.3. The molecular weight excluding hydrogens is 610 g/mol. The van der Waals surface area contributed by atoms with Crippen LogP contribution in [0.4, 0.5) is 5.69 Å². The molecule has 0 unspecified atom stereocenters. The number of anilines is 1. The minimum Gasteiger partial charge on any atom is -0.461 e. The van der Waals surface area contributed by atoms with E-state index in [-0.39, 0.29) is 61.0 Å².